The van der Waals surface area contributed by atoms with Crippen molar-refractivity contribution in [2.45, 2.75) is 6.92 Å². The Bertz CT molecular complexity index is 560. The van der Waals surface area contributed by atoms with E-state index in [-0.39, 0.29) is 0 Å². The molecule has 0 unspecified atom stereocenters. The zero-order chi connectivity index (χ0) is 11.0. The SMILES string of the molecule is C=c1cccc2c1=[N+](CC)C(=O)OC2=O. The number of rotatable bonds is 1. The Morgan fingerprint density at radius 1 is 1.40 bits per heavy atom. The van der Waals surface area contributed by atoms with Crippen molar-refractivity contribution in [3.05, 3.63) is 34.3 Å². The predicted octanol–water partition coefficient (Wildman–Crippen LogP) is -0.102. The average Bonchev–Trinajstić information content (AvgIpc) is 2.20. The molecule has 0 aromatic heterocycles. The van der Waals surface area contributed by atoms with Gasteiger partial charge in [-0.1, -0.05) is 12.6 Å². The lowest BCUT2D eigenvalue weighted by atomic mass is 10.1. The lowest BCUT2D eigenvalue weighted by Gasteiger charge is -2.06. The van der Waals surface area contributed by atoms with Gasteiger partial charge in [-0.25, -0.2) is 4.79 Å². The molecule has 0 N–H and O–H groups in total. The van der Waals surface area contributed by atoms with Crippen LogP contribution in [0.25, 0.3) is 6.58 Å². The molecule has 0 saturated heterocycles. The van der Waals surface area contributed by atoms with Crippen molar-refractivity contribution in [3.8, 4) is 0 Å². The van der Waals surface area contributed by atoms with E-state index in [4.69, 9.17) is 0 Å². The molecular formula is C11H10NO3+. The summed E-state index contributed by atoms with van der Waals surface area (Å²) < 4.78 is 5.99. The summed E-state index contributed by atoms with van der Waals surface area (Å²) in [5, 5.41) is 1.21. The minimum atomic E-state index is -0.633. The first kappa shape index (κ1) is 9.58. The number of esters is 1. The van der Waals surface area contributed by atoms with Crippen molar-refractivity contribution in [1.29, 1.82) is 0 Å². The molecule has 0 saturated carbocycles. The van der Waals surface area contributed by atoms with Gasteiger partial charge in [0.2, 0.25) is 5.36 Å². The fourth-order valence-corrected chi connectivity index (χ4v) is 1.64. The fraction of sp³-hybridized carbons (Fsp3) is 0.182. The molecule has 1 aliphatic rings. The second-order valence-corrected chi connectivity index (χ2v) is 3.21. The van der Waals surface area contributed by atoms with Crippen LogP contribution in [0.15, 0.2) is 18.2 Å². The van der Waals surface area contributed by atoms with Gasteiger partial charge in [0.25, 0.3) is 0 Å². The number of ether oxygens (including phenoxy) is 1. The Labute approximate surface area is 86.1 Å². The van der Waals surface area contributed by atoms with Crippen LogP contribution in [-0.4, -0.2) is 18.6 Å². The van der Waals surface area contributed by atoms with E-state index in [0.29, 0.717) is 22.7 Å². The molecule has 0 radical (unpaired) electrons. The Balaban J connectivity index is 2.97. The molecule has 4 nitrogen and oxygen atoms in total. The predicted molar refractivity (Wildman–Crippen MR) is 53.8 cm³/mol. The van der Waals surface area contributed by atoms with Gasteiger partial charge < -0.3 is 4.74 Å². The maximum atomic E-state index is 11.4. The molecule has 15 heavy (non-hydrogen) atoms. The number of hydrogen-bond donors (Lipinski definition) is 0. The highest BCUT2D eigenvalue weighted by atomic mass is 16.6. The summed E-state index contributed by atoms with van der Waals surface area (Å²) >= 11 is 0. The summed E-state index contributed by atoms with van der Waals surface area (Å²) in [5.74, 6) is -0.606. The van der Waals surface area contributed by atoms with Gasteiger partial charge in [0.05, 0.1) is 0 Å². The largest absolute Gasteiger partial charge is 0.605 e. The van der Waals surface area contributed by atoms with Crippen molar-refractivity contribution >= 4 is 18.6 Å². The normalized spacial score (nSPS) is 14.9. The van der Waals surface area contributed by atoms with E-state index in [0.717, 1.165) is 0 Å². The van der Waals surface area contributed by atoms with Crippen molar-refractivity contribution in [2.75, 3.05) is 6.54 Å². The third kappa shape index (κ3) is 1.34. The molecule has 1 heterocycles. The van der Waals surface area contributed by atoms with Crippen LogP contribution in [0.4, 0.5) is 4.79 Å². The van der Waals surface area contributed by atoms with Gasteiger partial charge in [0.1, 0.15) is 5.56 Å². The van der Waals surface area contributed by atoms with E-state index >= 15 is 0 Å². The Morgan fingerprint density at radius 2 is 2.13 bits per heavy atom. The summed E-state index contributed by atoms with van der Waals surface area (Å²) in [4.78, 5) is 22.8. The second-order valence-electron chi connectivity index (χ2n) is 3.21. The Hall–Kier alpha value is -1.97. The summed E-state index contributed by atoms with van der Waals surface area (Å²) in [6.45, 7) is 6.06. The minimum absolute atomic E-state index is 0.393. The standard InChI is InChI=1S/C11H10NO3/c1-3-12-9-7(2)5-4-6-8(9)10(13)15-11(12)14/h4-6H,2-3H2,1H3/q+1. The first-order valence-electron chi connectivity index (χ1n) is 4.63. The van der Waals surface area contributed by atoms with Crippen LogP contribution >= 0.6 is 0 Å². The third-order valence-corrected chi connectivity index (χ3v) is 2.33. The number of carbonyl (C=O) groups excluding carboxylic acids is 2. The Morgan fingerprint density at radius 3 is 2.80 bits per heavy atom. The monoisotopic (exact) mass is 204 g/mol. The van der Waals surface area contributed by atoms with Gasteiger partial charge in [-0.05, 0) is 19.1 Å². The number of benzene rings is 1. The zero-order valence-electron chi connectivity index (χ0n) is 8.32. The Kier molecular flexibility index (Phi) is 2.11. The van der Waals surface area contributed by atoms with Crippen LogP contribution in [0.3, 0.4) is 0 Å². The van der Waals surface area contributed by atoms with Crippen molar-refractivity contribution in [1.82, 2.24) is 4.58 Å². The molecule has 2 rings (SSSR count). The van der Waals surface area contributed by atoms with E-state index in [1.807, 2.05) is 6.92 Å². The maximum absolute atomic E-state index is 11.4. The molecule has 1 aliphatic heterocycles. The summed E-state index contributed by atoms with van der Waals surface area (Å²) in [6.07, 6.45) is -0.633. The first-order valence-corrected chi connectivity index (χ1v) is 4.63. The number of carbonyl (C=O) groups is 2. The number of para-hydroxylation sites is 1. The van der Waals surface area contributed by atoms with Gasteiger partial charge in [0, 0.05) is 5.22 Å². The van der Waals surface area contributed by atoms with Crippen molar-refractivity contribution in [3.63, 3.8) is 0 Å². The maximum Gasteiger partial charge on any atom is 0.605 e. The van der Waals surface area contributed by atoms with Gasteiger partial charge in [-0.2, -0.15) is 4.79 Å². The zero-order valence-corrected chi connectivity index (χ0v) is 8.32. The molecule has 76 valence electrons. The van der Waals surface area contributed by atoms with E-state index in [1.165, 1.54) is 4.58 Å². The smallest absolute Gasteiger partial charge is 0.333 e. The molecule has 0 atom stereocenters. The highest BCUT2D eigenvalue weighted by molar-refractivity contribution is 5.98. The molecule has 0 bridgehead atoms. The molecule has 4 heteroatoms. The highest BCUT2D eigenvalue weighted by Crippen LogP contribution is 1.99. The number of nitrogens with zero attached hydrogens (tertiary/aromatic N) is 1. The summed E-state index contributed by atoms with van der Waals surface area (Å²) in [6, 6.07) is 5.10. The van der Waals surface area contributed by atoms with Gasteiger partial charge in [-0.3, -0.25) is 0 Å². The second kappa shape index (κ2) is 3.31. The number of amides is 1. The number of hydrogen-bond acceptors (Lipinski definition) is 3. The highest BCUT2D eigenvalue weighted by Gasteiger charge is 2.32. The van der Waals surface area contributed by atoms with Crippen LogP contribution in [0.1, 0.15) is 17.3 Å². The number of fused-ring (bicyclic) bond motifs is 1. The lowest BCUT2D eigenvalue weighted by molar-refractivity contribution is 0.0588. The molecule has 1 aromatic rings. The van der Waals surface area contributed by atoms with Crippen molar-refractivity contribution < 1.29 is 14.3 Å². The van der Waals surface area contributed by atoms with Gasteiger partial charge in [-0.15, -0.1) is 4.58 Å². The van der Waals surface area contributed by atoms with Crippen LogP contribution in [-0.2, 0) is 4.74 Å². The molecule has 1 amide bonds. The van der Waals surface area contributed by atoms with E-state index < -0.39 is 12.1 Å². The summed E-state index contributed by atoms with van der Waals surface area (Å²) in [5.41, 5.74) is 0.393. The first-order chi connectivity index (χ1) is 7.15. The number of cyclic esters (lactones) is 2. The fourth-order valence-electron chi connectivity index (χ4n) is 1.64. The molecule has 0 fully saturated rings. The minimum Gasteiger partial charge on any atom is -0.333 e. The van der Waals surface area contributed by atoms with E-state index in [9.17, 15) is 9.59 Å². The van der Waals surface area contributed by atoms with E-state index in [1.54, 1.807) is 18.2 Å². The van der Waals surface area contributed by atoms with Gasteiger partial charge >= 0.3 is 12.1 Å². The van der Waals surface area contributed by atoms with Crippen molar-refractivity contribution in [2.24, 2.45) is 0 Å². The van der Waals surface area contributed by atoms with Crippen LogP contribution in [0, 0.1) is 0 Å². The average molecular weight is 204 g/mol. The van der Waals surface area contributed by atoms with E-state index in [2.05, 4.69) is 11.3 Å². The van der Waals surface area contributed by atoms with Crippen LogP contribution in [0.5, 0.6) is 0 Å². The lowest BCUT2D eigenvalue weighted by Crippen LogP contribution is -2.50. The third-order valence-electron chi connectivity index (χ3n) is 2.33. The van der Waals surface area contributed by atoms with Crippen LogP contribution in [0.2, 0.25) is 0 Å². The van der Waals surface area contributed by atoms with Crippen LogP contribution < -0.4 is 15.2 Å². The molecule has 1 aromatic carbocycles. The van der Waals surface area contributed by atoms with Gasteiger partial charge in [0.15, 0.2) is 6.54 Å². The molecule has 0 spiro atoms. The molecule has 0 aliphatic carbocycles. The quantitative estimate of drug-likeness (QED) is 0.364. The summed E-state index contributed by atoms with van der Waals surface area (Å²) in [7, 11) is 0. The topological polar surface area (TPSA) is 46.4 Å². The molecular weight excluding hydrogens is 194 g/mol.